The highest BCUT2D eigenvalue weighted by Crippen LogP contribution is 2.34. The van der Waals surface area contributed by atoms with Gasteiger partial charge >= 0.3 is 6.03 Å². The van der Waals surface area contributed by atoms with Crippen LogP contribution in [0.2, 0.25) is 0 Å². The predicted octanol–water partition coefficient (Wildman–Crippen LogP) is 2.41. The van der Waals surface area contributed by atoms with Gasteiger partial charge in [-0.25, -0.2) is 4.79 Å². The van der Waals surface area contributed by atoms with Gasteiger partial charge < -0.3 is 20.3 Å². The molecule has 0 aliphatic carbocycles. The van der Waals surface area contributed by atoms with Gasteiger partial charge in [0.2, 0.25) is 0 Å². The molecular formula is C18H17N3O3S. The van der Waals surface area contributed by atoms with Crippen LogP contribution in [-0.4, -0.2) is 30.5 Å². The molecule has 2 aliphatic rings. The second kappa shape index (κ2) is 6.25. The molecule has 3 heterocycles. The molecule has 7 heteroatoms. The third-order valence-electron chi connectivity index (χ3n) is 4.38. The van der Waals surface area contributed by atoms with Crippen LogP contribution < -0.4 is 15.4 Å². The zero-order valence-electron chi connectivity index (χ0n) is 13.6. The highest BCUT2D eigenvalue weighted by Gasteiger charge is 2.40. The molecule has 0 bridgehead atoms. The van der Waals surface area contributed by atoms with Crippen LogP contribution >= 0.6 is 11.3 Å². The van der Waals surface area contributed by atoms with Crippen LogP contribution in [0, 0.1) is 0 Å². The predicted molar refractivity (Wildman–Crippen MR) is 94.2 cm³/mol. The summed E-state index contributed by atoms with van der Waals surface area (Å²) >= 11 is 1.53. The largest absolute Gasteiger partial charge is 0.497 e. The number of ether oxygens (including phenoxy) is 1. The summed E-state index contributed by atoms with van der Waals surface area (Å²) in [5, 5.41) is 7.59. The van der Waals surface area contributed by atoms with Crippen molar-refractivity contribution in [3.8, 4) is 5.75 Å². The zero-order chi connectivity index (χ0) is 17.4. The van der Waals surface area contributed by atoms with Crippen LogP contribution in [0.15, 0.2) is 53.0 Å². The van der Waals surface area contributed by atoms with Crippen LogP contribution in [0.5, 0.6) is 5.75 Å². The second-order valence-corrected chi connectivity index (χ2v) is 6.93. The minimum Gasteiger partial charge on any atom is -0.497 e. The molecule has 1 unspecified atom stereocenters. The molecule has 3 amide bonds. The third-order valence-corrected chi connectivity index (χ3v) is 5.32. The molecule has 6 nitrogen and oxygen atoms in total. The van der Waals surface area contributed by atoms with E-state index >= 15 is 0 Å². The Morgan fingerprint density at radius 3 is 2.72 bits per heavy atom. The fourth-order valence-corrected chi connectivity index (χ4v) is 3.96. The molecule has 0 saturated carbocycles. The molecule has 0 spiro atoms. The number of amides is 3. The first kappa shape index (κ1) is 15.7. The average Bonchev–Trinajstić information content (AvgIpc) is 3.24. The standard InChI is InChI=1S/C18H17N3O3S/c1-24-12-6-4-11(5-7-12)9-21-10-13-15(17(21)22)16(20-18(23)19-13)14-3-2-8-25-14/h2-8,16H,9-10H2,1H3,(H2,19,20,23). The van der Waals surface area contributed by atoms with Crippen molar-refractivity contribution in [1.29, 1.82) is 0 Å². The van der Waals surface area contributed by atoms with Gasteiger partial charge in [0.1, 0.15) is 5.75 Å². The summed E-state index contributed by atoms with van der Waals surface area (Å²) in [7, 11) is 1.62. The third kappa shape index (κ3) is 2.87. The Labute approximate surface area is 149 Å². The highest BCUT2D eigenvalue weighted by atomic mass is 32.1. The first-order valence-electron chi connectivity index (χ1n) is 7.92. The lowest BCUT2D eigenvalue weighted by molar-refractivity contribution is -0.126. The van der Waals surface area contributed by atoms with Crippen molar-refractivity contribution < 1.29 is 14.3 Å². The highest BCUT2D eigenvalue weighted by molar-refractivity contribution is 7.10. The molecule has 0 radical (unpaired) electrons. The number of methoxy groups -OCH3 is 1. The molecule has 128 valence electrons. The molecule has 1 atom stereocenters. The van der Waals surface area contributed by atoms with E-state index in [1.165, 1.54) is 11.3 Å². The summed E-state index contributed by atoms with van der Waals surface area (Å²) in [6, 6.07) is 10.8. The molecule has 1 aromatic heterocycles. The lowest BCUT2D eigenvalue weighted by atomic mass is 10.0. The van der Waals surface area contributed by atoms with Gasteiger partial charge in [0, 0.05) is 11.4 Å². The first-order chi connectivity index (χ1) is 12.2. The zero-order valence-corrected chi connectivity index (χ0v) is 14.4. The van der Waals surface area contributed by atoms with Gasteiger partial charge in [-0.05, 0) is 29.1 Å². The minimum absolute atomic E-state index is 0.0447. The van der Waals surface area contributed by atoms with Gasteiger partial charge in [-0.15, -0.1) is 11.3 Å². The van der Waals surface area contributed by atoms with E-state index in [9.17, 15) is 9.59 Å². The van der Waals surface area contributed by atoms with Gasteiger partial charge in [-0.3, -0.25) is 4.79 Å². The number of hydrogen-bond acceptors (Lipinski definition) is 4. The van der Waals surface area contributed by atoms with Crippen molar-refractivity contribution >= 4 is 23.3 Å². The Morgan fingerprint density at radius 2 is 2.04 bits per heavy atom. The molecule has 2 aliphatic heterocycles. The van der Waals surface area contributed by atoms with Gasteiger partial charge in [-0.2, -0.15) is 0 Å². The van der Waals surface area contributed by atoms with Crippen LogP contribution in [0.25, 0.3) is 0 Å². The smallest absolute Gasteiger partial charge is 0.319 e. The average molecular weight is 355 g/mol. The number of thiophene rings is 1. The van der Waals surface area contributed by atoms with E-state index < -0.39 is 0 Å². The van der Waals surface area contributed by atoms with Crippen LogP contribution in [0.1, 0.15) is 16.5 Å². The molecular weight excluding hydrogens is 338 g/mol. The van der Waals surface area contributed by atoms with E-state index in [2.05, 4.69) is 10.6 Å². The number of carbonyl (C=O) groups is 2. The van der Waals surface area contributed by atoms with E-state index in [1.807, 2.05) is 41.8 Å². The van der Waals surface area contributed by atoms with E-state index in [-0.39, 0.29) is 18.0 Å². The summed E-state index contributed by atoms with van der Waals surface area (Å²) in [5.41, 5.74) is 2.34. The van der Waals surface area contributed by atoms with Crippen molar-refractivity contribution in [2.45, 2.75) is 12.6 Å². The number of urea groups is 1. The summed E-state index contributed by atoms with van der Waals surface area (Å²) in [5.74, 6) is 0.736. The monoisotopic (exact) mass is 355 g/mol. The number of benzene rings is 1. The summed E-state index contributed by atoms with van der Waals surface area (Å²) < 4.78 is 5.16. The summed E-state index contributed by atoms with van der Waals surface area (Å²) in [6.07, 6.45) is 0. The SMILES string of the molecule is COc1ccc(CN2CC3=C(C2=O)C(c2cccs2)NC(=O)N3)cc1. The topological polar surface area (TPSA) is 70.7 Å². The number of nitrogens with zero attached hydrogens (tertiary/aromatic N) is 1. The quantitative estimate of drug-likeness (QED) is 0.885. The molecule has 1 aromatic carbocycles. The maximum absolute atomic E-state index is 12.9. The summed E-state index contributed by atoms with van der Waals surface area (Å²) in [6.45, 7) is 0.901. The lowest BCUT2D eigenvalue weighted by Gasteiger charge is -2.24. The fourth-order valence-electron chi connectivity index (χ4n) is 3.18. The van der Waals surface area contributed by atoms with E-state index in [1.54, 1.807) is 12.0 Å². The first-order valence-corrected chi connectivity index (χ1v) is 8.80. The molecule has 4 rings (SSSR count). The van der Waals surface area contributed by atoms with E-state index in [4.69, 9.17) is 4.74 Å². The van der Waals surface area contributed by atoms with E-state index in [0.717, 1.165) is 16.2 Å². The second-order valence-electron chi connectivity index (χ2n) is 5.95. The van der Waals surface area contributed by atoms with Gasteiger partial charge in [0.15, 0.2) is 0 Å². The van der Waals surface area contributed by atoms with Gasteiger partial charge in [0.05, 0.1) is 31.0 Å². The number of carbonyl (C=O) groups excluding carboxylic acids is 2. The Hall–Kier alpha value is -2.80. The maximum Gasteiger partial charge on any atom is 0.319 e. The van der Waals surface area contributed by atoms with Crippen molar-refractivity contribution in [1.82, 2.24) is 15.5 Å². The van der Waals surface area contributed by atoms with Crippen molar-refractivity contribution in [3.05, 3.63) is 63.5 Å². The van der Waals surface area contributed by atoms with Crippen LogP contribution in [0.4, 0.5) is 4.79 Å². The maximum atomic E-state index is 12.9. The fraction of sp³-hybridized carbons (Fsp3) is 0.222. The number of rotatable bonds is 4. The molecule has 0 fully saturated rings. The molecule has 2 N–H and O–H groups in total. The number of nitrogens with one attached hydrogen (secondary N) is 2. The normalized spacial score (nSPS) is 19.6. The Kier molecular flexibility index (Phi) is 3.93. The van der Waals surface area contributed by atoms with Crippen LogP contribution in [0.3, 0.4) is 0 Å². The Morgan fingerprint density at radius 1 is 1.24 bits per heavy atom. The molecule has 25 heavy (non-hydrogen) atoms. The van der Waals surface area contributed by atoms with Crippen molar-refractivity contribution in [3.63, 3.8) is 0 Å². The van der Waals surface area contributed by atoms with Crippen LogP contribution in [-0.2, 0) is 11.3 Å². The summed E-state index contributed by atoms with van der Waals surface area (Å²) in [4.78, 5) is 27.6. The lowest BCUT2D eigenvalue weighted by Crippen LogP contribution is -2.44. The Bertz CT molecular complexity index is 843. The van der Waals surface area contributed by atoms with Crippen molar-refractivity contribution in [2.24, 2.45) is 0 Å². The van der Waals surface area contributed by atoms with Gasteiger partial charge in [0.25, 0.3) is 5.91 Å². The molecule has 0 saturated heterocycles. The minimum atomic E-state index is -0.378. The van der Waals surface area contributed by atoms with E-state index in [0.29, 0.717) is 24.4 Å². The van der Waals surface area contributed by atoms with Crippen molar-refractivity contribution in [2.75, 3.05) is 13.7 Å². The number of hydrogen-bond donors (Lipinski definition) is 2. The Balaban J connectivity index is 1.57. The molecule has 2 aromatic rings. The van der Waals surface area contributed by atoms with Gasteiger partial charge in [-0.1, -0.05) is 18.2 Å².